The third-order valence-electron chi connectivity index (χ3n) is 2.28. The van der Waals surface area contributed by atoms with Crippen molar-refractivity contribution in [2.24, 2.45) is 0 Å². The molecule has 0 aromatic carbocycles. The standard InChI is InChI=1S/C11H11BrN2O3S/c12-8-6-5-7(18-8)11-14-13-9(17-11)3-1-2-4-10(15)16/h5-6H,1-4H2,(H,15,16). The number of hydrogen-bond donors (Lipinski definition) is 1. The number of nitrogens with zero attached hydrogens (tertiary/aromatic N) is 2. The van der Waals surface area contributed by atoms with Crippen molar-refractivity contribution in [3.8, 4) is 10.8 Å². The predicted molar refractivity (Wildman–Crippen MR) is 70.5 cm³/mol. The highest BCUT2D eigenvalue weighted by molar-refractivity contribution is 9.11. The molecule has 0 amide bonds. The molecule has 0 aliphatic heterocycles. The maximum atomic E-state index is 10.3. The Labute approximate surface area is 116 Å². The summed E-state index contributed by atoms with van der Waals surface area (Å²) in [4.78, 5) is 11.3. The zero-order valence-corrected chi connectivity index (χ0v) is 11.8. The van der Waals surface area contributed by atoms with Gasteiger partial charge in [0.1, 0.15) is 0 Å². The Morgan fingerprint density at radius 1 is 1.39 bits per heavy atom. The van der Waals surface area contributed by atoms with Gasteiger partial charge in [0.15, 0.2) is 0 Å². The van der Waals surface area contributed by atoms with Gasteiger partial charge in [-0.05, 0) is 40.9 Å². The molecule has 0 saturated heterocycles. The summed E-state index contributed by atoms with van der Waals surface area (Å²) in [5.41, 5.74) is 0. The molecule has 2 rings (SSSR count). The molecule has 1 N–H and O–H groups in total. The van der Waals surface area contributed by atoms with Crippen LogP contribution < -0.4 is 0 Å². The Hall–Kier alpha value is -1.21. The minimum atomic E-state index is -0.773. The Balaban J connectivity index is 1.88. The summed E-state index contributed by atoms with van der Waals surface area (Å²) < 4.78 is 6.52. The maximum Gasteiger partial charge on any atom is 0.303 e. The quantitative estimate of drug-likeness (QED) is 0.822. The lowest BCUT2D eigenvalue weighted by Gasteiger charge is -1.93. The molecule has 0 bridgehead atoms. The van der Waals surface area contributed by atoms with Crippen molar-refractivity contribution in [3.05, 3.63) is 21.8 Å². The first kappa shape index (κ1) is 13.2. The van der Waals surface area contributed by atoms with E-state index in [-0.39, 0.29) is 6.42 Å². The molecule has 96 valence electrons. The first-order chi connectivity index (χ1) is 8.65. The number of aryl methyl sites for hydroxylation is 1. The Bertz CT molecular complexity index is 538. The van der Waals surface area contributed by atoms with E-state index in [4.69, 9.17) is 9.52 Å². The van der Waals surface area contributed by atoms with Crippen LogP contribution in [0.1, 0.15) is 25.2 Å². The molecule has 0 spiro atoms. The third-order valence-corrected chi connectivity index (χ3v) is 3.89. The predicted octanol–water partition coefficient (Wildman–Crippen LogP) is 3.36. The highest BCUT2D eigenvalue weighted by Gasteiger charge is 2.10. The fraction of sp³-hybridized carbons (Fsp3) is 0.364. The van der Waals surface area contributed by atoms with E-state index >= 15 is 0 Å². The van der Waals surface area contributed by atoms with Crippen LogP contribution >= 0.6 is 27.3 Å². The van der Waals surface area contributed by atoms with Crippen LogP contribution in [0.25, 0.3) is 10.8 Å². The van der Waals surface area contributed by atoms with Crippen LogP contribution in [-0.4, -0.2) is 21.3 Å². The highest BCUT2D eigenvalue weighted by Crippen LogP contribution is 2.30. The number of carboxylic acids is 1. The molecule has 0 radical (unpaired) electrons. The van der Waals surface area contributed by atoms with Crippen molar-refractivity contribution in [1.29, 1.82) is 0 Å². The van der Waals surface area contributed by atoms with Crippen molar-refractivity contribution < 1.29 is 14.3 Å². The largest absolute Gasteiger partial charge is 0.481 e. The number of thiophene rings is 1. The SMILES string of the molecule is O=C(O)CCCCc1nnc(-c2ccc(Br)s2)o1. The number of carbonyl (C=O) groups is 1. The van der Waals surface area contributed by atoms with E-state index in [1.54, 1.807) is 0 Å². The van der Waals surface area contributed by atoms with Crippen LogP contribution in [0.3, 0.4) is 0 Å². The third kappa shape index (κ3) is 3.64. The number of aliphatic carboxylic acids is 1. The van der Waals surface area contributed by atoms with Gasteiger partial charge in [-0.25, -0.2) is 0 Å². The molecule has 0 aliphatic rings. The van der Waals surface area contributed by atoms with E-state index in [1.165, 1.54) is 11.3 Å². The van der Waals surface area contributed by atoms with Gasteiger partial charge in [0.05, 0.1) is 8.66 Å². The number of carboxylic acid groups (broad SMARTS) is 1. The van der Waals surface area contributed by atoms with E-state index in [1.807, 2.05) is 12.1 Å². The molecule has 0 saturated carbocycles. The second-order valence-corrected chi connectivity index (χ2v) is 6.17. The topological polar surface area (TPSA) is 76.2 Å². The molecule has 0 aliphatic carbocycles. The molecular formula is C11H11BrN2O3S. The van der Waals surface area contributed by atoms with Crippen LogP contribution in [0.2, 0.25) is 0 Å². The van der Waals surface area contributed by atoms with Crippen molar-refractivity contribution in [3.63, 3.8) is 0 Å². The fourth-order valence-electron chi connectivity index (χ4n) is 1.44. The minimum Gasteiger partial charge on any atom is -0.481 e. The maximum absolute atomic E-state index is 10.3. The Morgan fingerprint density at radius 3 is 2.89 bits per heavy atom. The molecule has 5 nitrogen and oxygen atoms in total. The molecule has 2 aromatic heterocycles. The van der Waals surface area contributed by atoms with Crippen LogP contribution in [0.5, 0.6) is 0 Å². The van der Waals surface area contributed by atoms with Gasteiger partial charge in [0.2, 0.25) is 5.89 Å². The Kier molecular flexibility index (Phi) is 4.48. The van der Waals surface area contributed by atoms with Crippen molar-refractivity contribution >= 4 is 33.2 Å². The van der Waals surface area contributed by atoms with E-state index in [0.717, 1.165) is 15.1 Å². The number of unbranched alkanes of at least 4 members (excludes halogenated alkanes) is 1. The Morgan fingerprint density at radius 2 is 2.22 bits per heavy atom. The number of hydrogen-bond acceptors (Lipinski definition) is 5. The summed E-state index contributed by atoms with van der Waals surface area (Å²) in [6, 6.07) is 3.84. The normalized spacial score (nSPS) is 10.7. The smallest absolute Gasteiger partial charge is 0.303 e. The van der Waals surface area contributed by atoms with Gasteiger partial charge in [0, 0.05) is 12.8 Å². The summed E-state index contributed by atoms with van der Waals surface area (Å²) >= 11 is 4.90. The van der Waals surface area contributed by atoms with E-state index < -0.39 is 5.97 Å². The van der Waals surface area contributed by atoms with Gasteiger partial charge in [0.25, 0.3) is 5.89 Å². The first-order valence-electron chi connectivity index (χ1n) is 5.45. The van der Waals surface area contributed by atoms with E-state index in [0.29, 0.717) is 24.6 Å². The zero-order chi connectivity index (χ0) is 13.0. The molecule has 0 atom stereocenters. The fourth-order valence-corrected chi connectivity index (χ4v) is 2.74. The molecular weight excluding hydrogens is 320 g/mol. The minimum absolute atomic E-state index is 0.179. The number of rotatable bonds is 6. The lowest BCUT2D eigenvalue weighted by atomic mass is 10.2. The average molecular weight is 331 g/mol. The average Bonchev–Trinajstić information content (AvgIpc) is 2.93. The van der Waals surface area contributed by atoms with E-state index in [2.05, 4.69) is 26.1 Å². The van der Waals surface area contributed by atoms with Crippen molar-refractivity contribution in [1.82, 2.24) is 10.2 Å². The second-order valence-electron chi connectivity index (χ2n) is 3.71. The highest BCUT2D eigenvalue weighted by atomic mass is 79.9. The molecule has 18 heavy (non-hydrogen) atoms. The van der Waals surface area contributed by atoms with Crippen LogP contribution in [0, 0.1) is 0 Å². The lowest BCUT2D eigenvalue weighted by Crippen LogP contribution is -1.95. The number of halogens is 1. The summed E-state index contributed by atoms with van der Waals surface area (Å²) in [6.45, 7) is 0. The molecule has 2 aromatic rings. The van der Waals surface area contributed by atoms with Gasteiger partial charge < -0.3 is 9.52 Å². The van der Waals surface area contributed by atoms with Gasteiger partial charge in [-0.15, -0.1) is 21.5 Å². The monoisotopic (exact) mass is 330 g/mol. The van der Waals surface area contributed by atoms with Gasteiger partial charge in [-0.2, -0.15) is 0 Å². The van der Waals surface area contributed by atoms with Gasteiger partial charge >= 0.3 is 5.97 Å². The van der Waals surface area contributed by atoms with Crippen molar-refractivity contribution in [2.75, 3.05) is 0 Å². The van der Waals surface area contributed by atoms with Crippen molar-refractivity contribution in [2.45, 2.75) is 25.7 Å². The number of aromatic nitrogens is 2. The van der Waals surface area contributed by atoms with Crippen LogP contribution in [0.4, 0.5) is 0 Å². The zero-order valence-electron chi connectivity index (χ0n) is 9.43. The van der Waals surface area contributed by atoms with Gasteiger partial charge in [-0.1, -0.05) is 0 Å². The molecule has 2 heterocycles. The molecule has 0 fully saturated rings. The van der Waals surface area contributed by atoms with Crippen LogP contribution in [0.15, 0.2) is 20.3 Å². The summed E-state index contributed by atoms with van der Waals surface area (Å²) in [5.74, 6) is 0.295. The van der Waals surface area contributed by atoms with Crippen LogP contribution in [-0.2, 0) is 11.2 Å². The lowest BCUT2D eigenvalue weighted by molar-refractivity contribution is -0.137. The summed E-state index contributed by atoms with van der Waals surface area (Å²) in [7, 11) is 0. The summed E-state index contributed by atoms with van der Waals surface area (Å²) in [5, 5.41) is 16.4. The molecule has 0 unspecified atom stereocenters. The summed E-state index contributed by atoms with van der Waals surface area (Å²) in [6.07, 6.45) is 2.16. The van der Waals surface area contributed by atoms with E-state index in [9.17, 15) is 4.79 Å². The molecule has 7 heteroatoms. The second kappa shape index (κ2) is 6.10. The first-order valence-corrected chi connectivity index (χ1v) is 7.06. The van der Waals surface area contributed by atoms with Gasteiger partial charge in [-0.3, -0.25) is 4.79 Å².